The maximum absolute atomic E-state index is 12.3. The molecule has 5 nitrogen and oxygen atoms in total. The topological polar surface area (TPSA) is 81.4 Å². The molecule has 21 heavy (non-hydrogen) atoms. The van der Waals surface area contributed by atoms with Crippen LogP contribution in [0.5, 0.6) is 0 Å². The molecule has 0 aliphatic rings. The van der Waals surface area contributed by atoms with E-state index < -0.39 is 11.4 Å². The minimum Gasteiger partial charge on any atom is -0.481 e. The van der Waals surface area contributed by atoms with Crippen molar-refractivity contribution in [2.75, 3.05) is 11.9 Å². The summed E-state index contributed by atoms with van der Waals surface area (Å²) in [6.07, 6.45) is -0.0900. The number of carbonyl (C=O) groups is 2. The number of nitrogens with zero attached hydrogens (tertiary/aromatic N) is 2. The molecule has 0 aliphatic carbocycles. The highest BCUT2D eigenvalue weighted by Crippen LogP contribution is 2.32. The van der Waals surface area contributed by atoms with Gasteiger partial charge in [-0.25, -0.2) is 0 Å². The highest BCUT2D eigenvalue weighted by Gasteiger charge is 2.39. The second kappa shape index (κ2) is 6.40. The molecule has 1 unspecified atom stereocenters. The Balaban J connectivity index is 2.98. The lowest BCUT2D eigenvalue weighted by molar-refractivity contribution is -0.153. The number of aliphatic carboxylic acids is 1. The average molecular weight is 288 g/mol. The van der Waals surface area contributed by atoms with E-state index in [1.807, 2.05) is 6.07 Å². The van der Waals surface area contributed by atoms with Crippen molar-refractivity contribution in [1.82, 2.24) is 0 Å². The molecule has 112 valence electrons. The zero-order chi connectivity index (χ0) is 16.2. The van der Waals surface area contributed by atoms with Gasteiger partial charge in [-0.15, -0.1) is 0 Å². The zero-order valence-corrected chi connectivity index (χ0v) is 12.8. The molecule has 0 saturated carbocycles. The molecule has 0 aliphatic heterocycles. The number of amides is 1. The van der Waals surface area contributed by atoms with Crippen molar-refractivity contribution in [3.8, 4) is 6.07 Å². The zero-order valence-electron chi connectivity index (χ0n) is 12.8. The van der Waals surface area contributed by atoms with Crippen molar-refractivity contribution in [1.29, 1.82) is 5.26 Å². The molecule has 0 fully saturated rings. The van der Waals surface area contributed by atoms with Crippen LogP contribution in [0.15, 0.2) is 24.3 Å². The lowest BCUT2D eigenvalue weighted by Gasteiger charge is -2.30. The predicted octanol–water partition coefficient (Wildman–Crippen LogP) is 2.66. The number of benzene rings is 1. The molecule has 0 saturated heterocycles. The molecule has 1 N–H and O–H groups in total. The van der Waals surface area contributed by atoms with E-state index in [-0.39, 0.29) is 18.2 Å². The summed E-state index contributed by atoms with van der Waals surface area (Å²) >= 11 is 0. The van der Waals surface area contributed by atoms with Crippen LogP contribution in [0.2, 0.25) is 0 Å². The molecule has 1 aromatic rings. The molecular formula is C16H20N2O3. The molecule has 1 rings (SSSR count). The van der Waals surface area contributed by atoms with Crippen molar-refractivity contribution in [3.05, 3.63) is 29.8 Å². The summed E-state index contributed by atoms with van der Waals surface area (Å²) in [4.78, 5) is 25.2. The Morgan fingerprint density at radius 1 is 1.43 bits per heavy atom. The molecule has 0 radical (unpaired) electrons. The van der Waals surface area contributed by atoms with Crippen LogP contribution >= 0.6 is 0 Å². The maximum Gasteiger partial charge on any atom is 0.310 e. The van der Waals surface area contributed by atoms with Gasteiger partial charge in [0.15, 0.2) is 0 Å². The van der Waals surface area contributed by atoms with Crippen molar-refractivity contribution < 1.29 is 14.7 Å². The van der Waals surface area contributed by atoms with Gasteiger partial charge in [-0.1, -0.05) is 19.9 Å². The average Bonchev–Trinajstić information content (AvgIpc) is 2.45. The Labute approximate surface area is 124 Å². The summed E-state index contributed by atoms with van der Waals surface area (Å²) in [5, 5.41) is 18.3. The quantitative estimate of drug-likeness (QED) is 0.903. The molecule has 0 bridgehead atoms. The summed E-state index contributed by atoms with van der Waals surface area (Å²) in [5.41, 5.74) is -0.0781. The monoisotopic (exact) mass is 288 g/mol. The predicted molar refractivity (Wildman–Crippen MR) is 79.8 cm³/mol. The third-order valence-electron chi connectivity index (χ3n) is 4.02. The van der Waals surface area contributed by atoms with Gasteiger partial charge >= 0.3 is 5.97 Å². The Bertz CT molecular complexity index is 589. The van der Waals surface area contributed by atoms with Gasteiger partial charge in [0.25, 0.3) is 0 Å². The fraction of sp³-hybridized carbons (Fsp3) is 0.438. The minimum atomic E-state index is -1.11. The molecule has 1 atom stereocenters. The van der Waals surface area contributed by atoms with Gasteiger partial charge in [0.2, 0.25) is 5.91 Å². The standard InChI is InChI=1S/C16H20N2O3/c1-11(2)16(3,15(20)21)9-14(19)18(4)13-7-5-6-12(8-13)10-17/h5-8,11H,9H2,1-4H3,(H,20,21). The summed E-state index contributed by atoms with van der Waals surface area (Å²) < 4.78 is 0. The Kier molecular flexibility index (Phi) is 5.09. The van der Waals surface area contributed by atoms with Crippen molar-refractivity contribution in [2.45, 2.75) is 27.2 Å². The summed E-state index contributed by atoms with van der Waals surface area (Å²) in [7, 11) is 1.58. The number of carbonyl (C=O) groups excluding carboxylic acids is 1. The van der Waals surface area contributed by atoms with E-state index in [0.717, 1.165) is 0 Å². The number of carboxylic acid groups (broad SMARTS) is 1. The van der Waals surface area contributed by atoms with Crippen LogP contribution in [0.3, 0.4) is 0 Å². The van der Waals surface area contributed by atoms with E-state index >= 15 is 0 Å². The first-order valence-corrected chi connectivity index (χ1v) is 6.72. The van der Waals surface area contributed by atoms with E-state index in [0.29, 0.717) is 11.3 Å². The highest BCUT2D eigenvalue weighted by atomic mass is 16.4. The van der Waals surface area contributed by atoms with Gasteiger partial charge in [0, 0.05) is 19.2 Å². The van der Waals surface area contributed by atoms with Crippen LogP contribution in [-0.4, -0.2) is 24.0 Å². The molecule has 0 spiro atoms. The first-order valence-electron chi connectivity index (χ1n) is 6.72. The number of anilines is 1. The van der Waals surface area contributed by atoms with Gasteiger partial charge < -0.3 is 10.0 Å². The Hall–Kier alpha value is -2.35. The van der Waals surface area contributed by atoms with E-state index in [4.69, 9.17) is 5.26 Å². The smallest absolute Gasteiger partial charge is 0.310 e. The number of hydrogen-bond acceptors (Lipinski definition) is 3. The van der Waals surface area contributed by atoms with Crippen LogP contribution < -0.4 is 4.90 Å². The largest absolute Gasteiger partial charge is 0.481 e. The first-order chi connectivity index (χ1) is 9.72. The molecule has 1 aromatic carbocycles. The third-order valence-corrected chi connectivity index (χ3v) is 4.02. The van der Waals surface area contributed by atoms with Crippen molar-refractivity contribution >= 4 is 17.6 Å². The summed E-state index contributed by atoms with van der Waals surface area (Å²) in [6, 6.07) is 8.67. The van der Waals surface area contributed by atoms with Crippen LogP contribution in [0.25, 0.3) is 0 Å². The van der Waals surface area contributed by atoms with Gasteiger partial charge in [0.05, 0.1) is 17.0 Å². The lowest BCUT2D eigenvalue weighted by Crippen LogP contribution is -2.39. The number of rotatable bonds is 5. The molecule has 1 amide bonds. The number of hydrogen-bond donors (Lipinski definition) is 1. The molecule has 0 aromatic heterocycles. The van der Waals surface area contributed by atoms with Crippen LogP contribution in [0.4, 0.5) is 5.69 Å². The van der Waals surface area contributed by atoms with Gasteiger partial charge in [0.1, 0.15) is 0 Å². The van der Waals surface area contributed by atoms with E-state index in [2.05, 4.69) is 0 Å². The maximum atomic E-state index is 12.3. The number of nitriles is 1. The van der Waals surface area contributed by atoms with Crippen LogP contribution in [0, 0.1) is 22.7 Å². The molecular weight excluding hydrogens is 268 g/mol. The lowest BCUT2D eigenvalue weighted by atomic mass is 9.76. The Morgan fingerprint density at radius 3 is 2.52 bits per heavy atom. The fourth-order valence-electron chi connectivity index (χ4n) is 1.89. The molecule has 0 heterocycles. The van der Waals surface area contributed by atoms with Gasteiger partial charge in [-0.05, 0) is 31.0 Å². The van der Waals surface area contributed by atoms with Crippen LogP contribution in [-0.2, 0) is 9.59 Å². The third kappa shape index (κ3) is 3.60. The highest BCUT2D eigenvalue weighted by molar-refractivity contribution is 5.96. The van der Waals surface area contributed by atoms with E-state index in [1.165, 1.54) is 4.90 Å². The van der Waals surface area contributed by atoms with Gasteiger partial charge in [-0.2, -0.15) is 5.26 Å². The van der Waals surface area contributed by atoms with Gasteiger partial charge in [-0.3, -0.25) is 9.59 Å². The fourth-order valence-corrected chi connectivity index (χ4v) is 1.89. The van der Waals surface area contributed by atoms with Crippen molar-refractivity contribution in [3.63, 3.8) is 0 Å². The van der Waals surface area contributed by atoms with E-state index in [1.54, 1.807) is 52.1 Å². The Morgan fingerprint density at radius 2 is 2.05 bits per heavy atom. The van der Waals surface area contributed by atoms with E-state index in [9.17, 15) is 14.7 Å². The second-order valence-corrected chi connectivity index (χ2v) is 5.67. The SMILES string of the molecule is CC(C)C(C)(CC(=O)N(C)c1cccc(C#N)c1)C(=O)O. The number of carboxylic acids is 1. The van der Waals surface area contributed by atoms with Crippen molar-refractivity contribution in [2.24, 2.45) is 11.3 Å². The minimum absolute atomic E-state index is 0.0900. The summed E-state index contributed by atoms with van der Waals surface area (Å²) in [6.45, 7) is 5.16. The molecule has 5 heteroatoms. The normalized spacial score (nSPS) is 13.3. The summed E-state index contributed by atoms with van der Waals surface area (Å²) in [5.74, 6) is -1.44. The van der Waals surface area contributed by atoms with Crippen LogP contribution in [0.1, 0.15) is 32.8 Å². The second-order valence-electron chi connectivity index (χ2n) is 5.67. The first kappa shape index (κ1) is 16.7.